The molecule has 2 aromatic heterocycles. The van der Waals surface area contributed by atoms with Crippen molar-refractivity contribution in [1.29, 1.82) is 0 Å². The number of aromatic amines is 1. The molecule has 0 radical (unpaired) electrons. The Morgan fingerprint density at radius 2 is 2.22 bits per heavy atom. The molecule has 0 bridgehead atoms. The maximum Gasteiger partial charge on any atom is 0.259 e. The van der Waals surface area contributed by atoms with Crippen molar-refractivity contribution in [2.24, 2.45) is 5.92 Å². The van der Waals surface area contributed by atoms with Gasteiger partial charge in [0.2, 0.25) is 5.91 Å². The third-order valence-corrected chi connectivity index (χ3v) is 6.30. The largest absolute Gasteiger partial charge is 0.342 e. The van der Waals surface area contributed by atoms with Crippen molar-refractivity contribution < 1.29 is 4.79 Å². The number of amides is 1. The normalized spacial score (nSPS) is 22.0. The summed E-state index contributed by atoms with van der Waals surface area (Å²) in [5, 5.41) is 0.672. The van der Waals surface area contributed by atoms with E-state index in [-0.39, 0.29) is 17.4 Å². The van der Waals surface area contributed by atoms with E-state index in [0.29, 0.717) is 30.1 Å². The zero-order chi connectivity index (χ0) is 16.0. The summed E-state index contributed by atoms with van der Waals surface area (Å²) in [6.45, 7) is 3.64. The molecule has 2 aliphatic rings. The van der Waals surface area contributed by atoms with Crippen LogP contribution in [0.15, 0.2) is 10.9 Å². The zero-order valence-corrected chi connectivity index (χ0v) is 14.1. The van der Waals surface area contributed by atoms with Crippen LogP contribution >= 0.6 is 11.3 Å². The number of fused-ring (bicyclic) bond motifs is 1. The van der Waals surface area contributed by atoms with Gasteiger partial charge in [-0.15, -0.1) is 11.3 Å². The van der Waals surface area contributed by atoms with Gasteiger partial charge < -0.3 is 9.88 Å². The molecule has 0 unspecified atom stereocenters. The van der Waals surface area contributed by atoms with Crippen molar-refractivity contribution in [3.8, 4) is 0 Å². The average Bonchev–Trinajstić information content (AvgIpc) is 3.06. The van der Waals surface area contributed by atoms with E-state index in [1.54, 1.807) is 11.3 Å². The van der Waals surface area contributed by atoms with Crippen molar-refractivity contribution in [3.05, 3.63) is 27.1 Å². The number of H-pyrrole nitrogens is 1. The van der Waals surface area contributed by atoms with Gasteiger partial charge >= 0.3 is 0 Å². The van der Waals surface area contributed by atoms with Crippen molar-refractivity contribution >= 4 is 27.5 Å². The van der Waals surface area contributed by atoms with Crippen LogP contribution in [0.5, 0.6) is 0 Å². The van der Waals surface area contributed by atoms with Crippen LogP contribution in [0.25, 0.3) is 10.2 Å². The summed E-state index contributed by atoms with van der Waals surface area (Å²) >= 11 is 1.58. The molecule has 1 amide bonds. The molecule has 3 heterocycles. The Morgan fingerprint density at radius 1 is 1.39 bits per heavy atom. The van der Waals surface area contributed by atoms with Crippen molar-refractivity contribution in [1.82, 2.24) is 14.9 Å². The van der Waals surface area contributed by atoms with Crippen LogP contribution < -0.4 is 5.56 Å². The number of aryl methyl sites for hydroxylation is 1. The fourth-order valence-corrected chi connectivity index (χ4v) is 4.46. The van der Waals surface area contributed by atoms with Gasteiger partial charge in [-0.05, 0) is 31.2 Å². The summed E-state index contributed by atoms with van der Waals surface area (Å²) in [6, 6.07) is 1.93. The van der Waals surface area contributed by atoms with E-state index in [9.17, 15) is 9.59 Å². The minimum absolute atomic E-state index is 0.0202. The average molecular weight is 331 g/mol. The molecule has 4 rings (SSSR count). The summed E-state index contributed by atoms with van der Waals surface area (Å²) < 4.78 is 0. The first-order valence-corrected chi connectivity index (χ1v) is 9.26. The second kappa shape index (κ2) is 5.74. The molecular formula is C17H21N3O2S. The molecule has 0 spiro atoms. The van der Waals surface area contributed by atoms with E-state index in [0.717, 1.165) is 17.8 Å². The standard InChI is InChI=1S/C17H21N3O2S/c1-2-12-7-13-16(22)18-15(19-17(13)23-12)11-6-14(21)20(9-11)8-10-4-3-5-10/h7,10-11H,2-6,8-9H2,1H3,(H,18,19,22)/t11-/m0/s1. The van der Waals surface area contributed by atoms with Crippen molar-refractivity contribution in [2.45, 2.75) is 44.9 Å². The van der Waals surface area contributed by atoms with Gasteiger partial charge in [0.05, 0.1) is 5.39 Å². The molecule has 1 saturated heterocycles. The smallest absolute Gasteiger partial charge is 0.259 e. The molecule has 1 atom stereocenters. The van der Waals surface area contributed by atoms with Gasteiger partial charge in [0.25, 0.3) is 5.56 Å². The Hall–Kier alpha value is -1.69. The highest BCUT2D eigenvalue weighted by Gasteiger charge is 2.34. The summed E-state index contributed by atoms with van der Waals surface area (Å²) in [7, 11) is 0. The zero-order valence-electron chi connectivity index (χ0n) is 13.3. The fourth-order valence-electron chi connectivity index (χ4n) is 3.48. The van der Waals surface area contributed by atoms with Crippen LogP contribution in [0, 0.1) is 5.92 Å². The Kier molecular flexibility index (Phi) is 3.71. The van der Waals surface area contributed by atoms with Crippen LogP contribution in [0.1, 0.15) is 49.2 Å². The van der Waals surface area contributed by atoms with E-state index in [4.69, 9.17) is 0 Å². The first kappa shape index (κ1) is 14.9. The fraction of sp³-hybridized carbons (Fsp3) is 0.588. The monoisotopic (exact) mass is 331 g/mol. The molecule has 5 nitrogen and oxygen atoms in total. The van der Waals surface area contributed by atoms with E-state index in [1.165, 1.54) is 24.1 Å². The van der Waals surface area contributed by atoms with E-state index < -0.39 is 0 Å². The second-order valence-corrected chi connectivity index (χ2v) is 7.85. The van der Waals surface area contributed by atoms with E-state index in [2.05, 4.69) is 16.9 Å². The molecule has 1 aliphatic heterocycles. The number of carbonyl (C=O) groups excluding carboxylic acids is 1. The molecule has 1 N–H and O–H groups in total. The van der Waals surface area contributed by atoms with Gasteiger partial charge in [0, 0.05) is 30.3 Å². The Labute approximate surface area is 138 Å². The third-order valence-electron chi connectivity index (χ3n) is 5.12. The third kappa shape index (κ3) is 2.69. The highest BCUT2D eigenvalue weighted by molar-refractivity contribution is 7.18. The summed E-state index contributed by atoms with van der Waals surface area (Å²) in [5.41, 5.74) is -0.0779. The van der Waals surface area contributed by atoms with Crippen molar-refractivity contribution in [3.63, 3.8) is 0 Å². The summed E-state index contributed by atoms with van der Waals surface area (Å²) in [6.07, 6.45) is 5.15. The highest BCUT2D eigenvalue weighted by Crippen LogP contribution is 2.32. The Bertz CT molecular complexity index is 806. The van der Waals surface area contributed by atoms with Crippen LogP contribution in [-0.2, 0) is 11.2 Å². The Morgan fingerprint density at radius 3 is 2.91 bits per heavy atom. The van der Waals surface area contributed by atoms with Gasteiger partial charge in [-0.3, -0.25) is 9.59 Å². The molecule has 6 heteroatoms. The van der Waals surface area contributed by atoms with Gasteiger partial charge in [-0.2, -0.15) is 0 Å². The SMILES string of the molecule is CCc1cc2c(=O)[nH]c([C@H]3CC(=O)N(CC4CCC4)C3)nc2s1. The van der Waals surface area contributed by atoms with Crippen LogP contribution in [0.2, 0.25) is 0 Å². The molecule has 2 aromatic rings. The summed E-state index contributed by atoms with van der Waals surface area (Å²) in [5.74, 6) is 1.57. The predicted octanol–water partition coefficient (Wildman–Crippen LogP) is 2.66. The minimum atomic E-state index is -0.0779. The van der Waals surface area contributed by atoms with Gasteiger partial charge in [-0.1, -0.05) is 13.3 Å². The van der Waals surface area contributed by atoms with E-state index >= 15 is 0 Å². The number of carbonyl (C=O) groups is 1. The molecule has 23 heavy (non-hydrogen) atoms. The number of hydrogen-bond donors (Lipinski definition) is 1. The van der Waals surface area contributed by atoms with E-state index in [1.807, 2.05) is 11.0 Å². The maximum absolute atomic E-state index is 12.3. The molecular weight excluding hydrogens is 310 g/mol. The lowest BCUT2D eigenvalue weighted by Crippen LogP contribution is -2.33. The number of nitrogens with zero attached hydrogens (tertiary/aromatic N) is 2. The molecule has 122 valence electrons. The lowest BCUT2D eigenvalue weighted by molar-refractivity contribution is -0.128. The number of likely N-dealkylation sites (tertiary alicyclic amines) is 1. The molecule has 1 aliphatic carbocycles. The number of rotatable bonds is 4. The topological polar surface area (TPSA) is 66.1 Å². The number of nitrogens with one attached hydrogen (secondary N) is 1. The maximum atomic E-state index is 12.3. The Balaban J connectivity index is 1.59. The highest BCUT2D eigenvalue weighted by atomic mass is 32.1. The van der Waals surface area contributed by atoms with Gasteiger partial charge in [0.15, 0.2) is 0 Å². The molecule has 1 saturated carbocycles. The predicted molar refractivity (Wildman–Crippen MR) is 90.9 cm³/mol. The number of thiophene rings is 1. The molecule has 2 fully saturated rings. The lowest BCUT2D eigenvalue weighted by atomic mass is 9.85. The lowest BCUT2D eigenvalue weighted by Gasteiger charge is -2.30. The number of aromatic nitrogens is 2. The quantitative estimate of drug-likeness (QED) is 0.936. The molecule has 0 aromatic carbocycles. The second-order valence-electron chi connectivity index (χ2n) is 6.73. The number of hydrogen-bond acceptors (Lipinski definition) is 4. The first-order chi connectivity index (χ1) is 11.1. The van der Waals surface area contributed by atoms with Crippen molar-refractivity contribution in [2.75, 3.05) is 13.1 Å². The van der Waals surface area contributed by atoms with Gasteiger partial charge in [-0.25, -0.2) is 4.98 Å². The minimum Gasteiger partial charge on any atom is -0.342 e. The summed E-state index contributed by atoms with van der Waals surface area (Å²) in [4.78, 5) is 36.0. The first-order valence-electron chi connectivity index (χ1n) is 8.44. The van der Waals surface area contributed by atoms with Crippen LogP contribution in [-0.4, -0.2) is 33.9 Å². The van der Waals surface area contributed by atoms with Gasteiger partial charge in [0.1, 0.15) is 10.7 Å². The van der Waals surface area contributed by atoms with Crippen LogP contribution in [0.3, 0.4) is 0 Å². The van der Waals surface area contributed by atoms with Crippen LogP contribution in [0.4, 0.5) is 0 Å².